The maximum atomic E-state index is 12.6. The molecule has 1 fully saturated rings. The van der Waals surface area contributed by atoms with Crippen LogP contribution in [-0.4, -0.2) is 18.3 Å². The van der Waals surface area contributed by atoms with Crippen LogP contribution in [0.25, 0.3) is 0 Å². The average molecular weight is 279 g/mol. The topological polar surface area (TPSA) is 12.0 Å². The van der Waals surface area contributed by atoms with Crippen molar-refractivity contribution >= 4 is 0 Å². The van der Waals surface area contributed by atoms with E-state index in [4.69, 9.17) is 0 Å². The summed E-state index contributed by atoms with van der Waals surface area (Å²) >= 11 is 0. The molecule has 0 aliphatic heterocycles. The lowest BCUT2D eigenvalue weighted by molar-refractivity contribution is -0.182. The highest BCUT2D eigenvalue weighted by molar-refractivity contribution is 4.83. The zero-order valence-electron chi connectivity index (χ0n) is 12.2. The number of unbranched alkanes of at least 4 members (excludes halogenated alkanes) is 1. The summed E-state index contributed by atoms with van der Waals surface area (Å²) in [5.74, 6) is -1.06. The minimum Gasteiger partial charge on any atom is -0.311 e. The maximum Gasteiger partial charge on any atom is 0.391 e. The van der Waals surface area contributed by atoms with E-state index in [1.54, 1.807) is 0 Å². The fraction of sp³-hybridized carbons (Fsp3) is 1.00. The van der Waals surface area contributed by atoms with Crippen molar-refractivity contribution in [1.29, 1.82) is 0 Å². The number of halogens is 3. The van der Waals surface area contributed by atoms with Gasteiger partial charge in [-0.3, -0.25) is 0 Å². The Labute approximate surface area is 115 Å². The second-order valence-electron chi connectivity index (χ2n) is 5.88. The Kier molecular flexibility index (Phi) is 7.19. The normalized spacial score (nSPS) is 26.4. The van der Waals surface area contributed by atoms with E-state index in [2.05, 4.69) is 19.2 Å². The van der Waals surface area contributed by atoms with Crippen LogP contribution in [0, 0.1) is 5.92 Å². The molecule has 0 radical (unpaired) electrons. The van der Waals surface area contributed by atoms with E-state index in [1.165, 1.54) is 12.8 Å². The van der Waals surface area contributed by atoms with E-state index < -0.39 is 12.1 Å². The second kappa shape index (κ2) is 8.13. The van der Waals surface area contributed by atoms with Crippen molar-refractivity contribution in [1.82, 2.24) is 5.32 Å². The van der Waals surface area contributed by atoms with Gasteiger partial charge in [0.15, 0.2) is 0 Å². The highest BCUT2D eigenvalue weighted by Crippen LogP contribution is 2.37. The first-order valence-electron chi connectivity index (χ1n) is 7.80. The largest absolute Gasteiger partial charge is 0.391 e. The molecule has 0 heterocycles. The Morgan fingerprint density at radius 2 is 1.63 bits per heavy atom. The predicted octanol–water partition coefficient (Wildman–Crippen LogP) is 5.06. The molecule has 0 amide bonds. The van der Waals surface area contributed by atoms with Gasteiger partial charge in [-0.25, -0.2) is 0 Å². The molecule has 1 aliphatic rings. The van der Waals surface area contributed by atoms with Crippen LogP contribution in [0.3, 0.4) is 0 Å². The van der Waals surface area contributed by atoms with Gasteiger partial charge >= 0.3 is 6.18 Å². The number of hydrogen-bond donors (Lipinski definition) is 1. The summed E-state index contributed by atoms with van der Waals surface area (Å²) in [6.07, 6.45) is 3.78. The molecule has 1 unspecified atom stereocenters. The first kappa shape index (κ1) is 16.8. The van der Waals surface area contributed by atoms with Crippen LogP contribution < -0.4 is 5.32 Å². The Hall–Kier alpha value is -0.250. The summed E-state index contributed by atoms with van der Waals surface area (Å²) in [6.45, 7) is 4.35. The van der Waals surface area contributed by atoms with Crippen LogP contribution in [0.4, 0.5) is 13.2 Å². The van der Waals surface area contributed by atoms with Gasteiger partial charge in [-0.05, 0) is 38.5 Å². The smallest absolute Gasteiger partial charge is 0.311 e. The molecule has 1 atom stereocenters. The lowest BCUT2D eigenvalue weighted by Gasteiger charge is -2.33. The zero-order valence-corrected chi connectivity index (χ0v) is 12.2. The summed E-state index contributed by atoms with van der Waals surface area (Å²) in [7, 11) is 0. The average Bonchev–Trinajstić information content (AvgIpc) is 2.36. The van der Waals surface area contributed by atoms with Gasteiger partial charge in [-0.1, -0.05) is 33.1 Å². The molecular formula is C15H28F3N. The number of nitrogens with one attached hydrogen (secondary N) is 1. The SMILES string of the molecule is CCCCC(CCC)NC1CCC(C(F)(F)F)CC1. The third kappa shape index (κ3) is 6.15. The Morgan fingerprint density at radius 3 is 2.11 bits per heavy atom. The van der Waals surface area contributed by atoms with E-state index in [0.29, 0.717) is 37.8 Å². The number of alkyl halides is 3. The molecule has 0 aromatic rings. The van der Waals surface area contributed by atoms with E-state index in [9.17, 15) is 13.2 Å². The van der Waals surface area contributed by atoms with Crippen LogP contribution in [0.5, 0.6) is 0 Å². The van der Waals surface area contributed by atoms with Gasteiger partial charge in [0.1, 0.15) is 0 Å². The van der Waals surface area contributed by atoms with Crippen molar-refractivity contribution < 1.29 is 13.2 Å². The van der Waals surface area contributed by atoms with Crippen molar-refractivity contribution in [3.63, 3.8) is 0 Å². The Bertz CT molecular complexity index is 232. The second-order valence-corrected chi connectivity index (χ2v) is 5.88. The van der Waals surface area contributed by atoms with Gasteiger partial charge in [0, 0.05) is 12.1 Å². The van der Waals surface area contributed by atoms with Gasteiger partial charge < -0.3 is 5.32 Å². The fourth-order valence-electron chi connectivity index (χ4n) is 3.03. The molecule has 1 aliphatic carbocycles. The minimum absolute atomic E-state index is 0.298. The molecule has 19 heavy (non-hydrogen) atoms. The molecule has 0 aromatic heterocycles. The molecule has 0 aromatic carbocycles. The van der Waals surface area contributed by atoms with Crippen LogP contribution in [0.2, 0.25) is 0 Å². The molecule has 0 saturated heterocycles. The first-order chi connectivity index (χ1) is 8.97. The van der Waals surface area contributed by atoms with Crippen molar-refractivity contribution in [3.8, 4) is 0 Å². The van der Waals surface area contributed by atoms with Crippen LogP contribution in [0.1, 0.15) is 71.6 Å². The summed E-state index contributed by atoms with van der Waals surface area (Å²) in [5.41, 5.74) is 0. The minimum atomic E-state index is -3.99. The molecule has 0 spiro atoms. The van der Waals surface area contributed by atoms with Gasteiger partial charge in [0.05, 0.1) is 5.92 Å². The third-order valence-corrected chi connectivity index (χ3v) is 4.20. The highest BCUT2D eigenvalue weighted by Gasteiger charge is 2.41. The molecule has 0 bridgehead atoms. The maximum absolute atomic E-state index is 12.6. The van der Waals surface area contributed by atoms with Crippen molar-refractivity contribution in [2.75, 3.05) is 0 Å². The van der Waals surface area contributed by atoms with E-state index >= 15 is 0 Å². The number of hydrogen-bond acceptors (Lipinski definition) is 1. The summed E-state index contributed by atoms with van der Waals surface area (Å²) in [4.78, 5) is 0. The number of rotatable bonds is 7. The Balaban J connectivity index is 2.33. The molecule has 1 N–H and O–H groups in total. The molecular weight excluding hydrogens is 251 g/mol. The van der Waals surface area contributed by atoms with Crippen LogP contribution >= 0.6 is 0 Å². The van der Waals surface area contributed by atoms with Crippen LogP contribution in [-0.2, 0) is 0 Å². The van der Waals surface area contributed by atoms with Gasteiger partial charge in [0.25, 0.3) is 0 Å². The summed E-state index contributed by atoms with van der Waals surface area (Å²) in [6, 6.07) is 0.796. The molecule has 1 saturated carbocycles. The summed E-state index contributed by atoms with van der Waals surface area (Å²) < 4.78 is 37.8. The zero-order chi connectivity index (χ0) is 14.3. The van der Waals surface area contributed by atoms with Gasteiger partial charge in [0.2, 0.25) is 0 Å². The van der Waals surface area contributed by atoms with Gasteiger partial charge in [-0.2, -0.15) is 13.2 Å². The molecule has 1 rings (SSSR count). The van der Waals surface area contributed by atoms with Crippen LogP contribution in [0.15, 0.2) is 0 Å². The molecule has 114 valence electrons. The van der Waals surface area contributed by atoms with E-state index in [-0.39, 0.29) is 0 Å². The van der Waals surface area contributed by atoms with E-state index in [0.717, 1.165) is 19.3 Å². The quantitative estimate of drug-likeness (QED) is 0.687. The van der Waals surface area contributed by atoms with Crippen molar-refractivity contribution in [2.24, 2.45) is 5.92 Å². The fourth-order valence-corrected chi connectivity index (χ4v) is 3.03. The molecule has 4 heteroatoms. The first-order valence-corrected chi connectivity index (χ1v) is 7.80. The Morgan fingerprint density at radius 1 is 1.00 bits per heavy atom. The van der Waals surface area contributed by atoms with Crippen molar-refractivity contribution in [3.05, 3.63) is 0 Å². The van der Waals surface area contributed by atoms with E-state index in [1.807, 2.05) is 0 Å². The lowest BCUT2D eigenvalue weighted by atomic mass is 9.85. The predicted molar refractivity (Wildman–Crippen MR) is 73.2 cm³/mol. The van der Waals surface area contributed by atoms with Crippen molar-refractivity contribution in [2.45, 2.75) is 89.9 Å². The third-order valence-electron chi connectivity index (χ3n) is 4.20. The summed E-state index contributed by atoms with van der Waals surface area (Å²) in [5, 5.41) is 3.60. The highest BCUT2D eigenvalue weighted by atomic mass is 19.4. The monoisotopic (exact) mass is 279 g/mol. The lowest BCUT2D eigenvalue weighted by Crippen LogP contribution is -2.42. The standard InChI is InChI=1S/C15H28F3N/c1-3-5-7-13(6-4-2)19-14-10-8-12(9-11-14)15(16,17)18/h12-14,19H,3-11H2,1-2H3. The van der Waals surface area contributed by atoms with Gasteiger partial charge in [-0.15, -0.1) is 0 Å². The molecule has 1 nitrogen and oxygen atoms in total.